The first-order valence-corrected chi connectivity index (χ1v) is 25.5. The Kier molecular flexibility index (Phi) is 143. The van der Waals surface area contributed by atoms with Gasteiger partial charge in [0.25, 0.3) is 0 Å². The summed E-state index contributed by atoms with van der Waals surface area (Å²) < 4.78 is 27.2. The molecule has 3 aromatic rings. The second-order valence-electron chi connectivity index (χ2n) is 13.3. The fourth-order valence-corrected chi connectivity index (χ4v) is 1.91. The molecule has 0 saturated carbocycles. The van der Waals surface area contributed by atoms with Crippen molar-refractivity contribution in [3.63, 3.8) is 0 Å². The fourth-order valence-electron chi connectivity index (χ4n) is 1.91. The van der Waals surface area contributed by atoms with Crippen LogP contribution in [0.15, 0.2) is 72.8 Å². The van der Waals surface area contributed by atoms with Crippen molar-refractivity contribution in [1.82, 2.24) is 5.32 Å². The molecule has 0 aliphatic carbocycles. The van der Waals surface area contributed by atoms with Crippen molar-refractivity contribution in [3.8, 4) is 0 Å². The van der Waals surface area contributed by atoms with E-state index in [9.17, 15) is 0 Å². The van der Waals surface area contributed by atoms with Gasteiger partial charge >= 0.3 is 0 Å². The van der Waals surface area contributed by atoms with E-state index in [1.165, 1.54) is 58.4 Å². The van der Waals surface area contributed by atoms with E-state index >= 15 is 0 Å². The maximum absolute atomic E-state index is 4.54. The zero-order chi connectivity index (χ0) is 53.4. The van der Waals surface area contributed by atoms with E-state index in [1.807, 2.05) is 60.4 Å². The minimum atomic E-state index is 0.819. The molecular weight excluding hydrogens is 827 g/mol. The third kappa shape index (κ3) is 173. The molecule has 0 radical (unpaired) electrons. The van der Waals surface area contributed by atoms with E-state index in [1.54, 1.807) is 42.7 Å². The summed E-state index contributed by atoms with van der Waals surface area (Å²) in [6, 6.07) is 25.4. The molecule has 0 spiro atoms. The molecule has 0 amide bonds. The van der Waals surface area contributed by atoms with Crippen molar-refractivity contribution >= 4 is 11.8 Å². The maximum atomic E-state index is 4.54. The molecule has 0 aliphatic heterocycles. The SMILES string of the molecule is CCC.CCC.CCC.CCNC.CCOC.CCOC.CCOC.CCOC.CCOC.CCOC.CCSC.Cc1ccc(C)cc1.Cc1ccc(C)cc1.Cc1ccc(C)cc1. The summed E-state index contributed by atoms with van der Waals surface area (Å²) in [6.45, 7) is 47.3. The van der Waals surface area contributed by atoms with Gasteiger partial charge in [0.1, 0.15) is 0 Å². The molecule has 0 unspecified atom stereocenters. The lowest BCUT2D eigenvalue weighted by atomic mass is 10.2. The third-order valence-electron chi connectivity index (χ3n) is 6.03. The van der Waals surface area contributed by atoms with E-state index < -0.39 is 0 Å². The first kappa shape index (κ1) is 89.3. The zero-order valence-electron chi connectivity index (χ0n) is 49.1. The number of thioether (sulfide) groups is 1. The second kappa shape index (κ2) is 104. The van der Waals surface area contributed by atoms with Crippen LogP contribution < -0.4 is 5.32 Å². The molecule has 1 N–H and O–H groups in total. The normalized spacial score (nSPS) is 7.94. The Bertz CT molecular complexity index is 786. The standard InChI is InChI=1S/3C8H10.C3H9N.6C3H8O.C3H8S.3C3H8/c3*1-7-3-5-8(2)6-4-7;8*1-3-4-2;3*1-3-2/h3*3-6H,1-2H3;4H,3H2,1-2H3;7*3H2,1-2H3;3*3H2,1-2H3. The Morgan fingerprint density at radius 2 is 0.400 bits per heavy atom. The van der Waals surface area contributed by atoms with Crippen molar-refractivity contribution in [2.24, 2.45) is 0 Å². The quantitative estimate of drug-likeness (QED) is 0.240. The highest BCUT2D eigenvalue weighted by molar-refractivity contribution is 7.98. The highest BCUT2D eigenvalue weighted by atomic mass is 32.2. The Labute approximate surface area is 415 Å². The van der Waals surface area contributed by atoms with Crippen LogP contribution in [0.25, 0.3) is 0 Å². The summed E-state index contributed by atoms with van der Waals surface area (Å²) in [5, 5.41) is 2.93. The number of methoxy groups -OCH3 is 6. The maximum Gasteiger partial charge on any atom is 0.0433 e. The number of aryl methyl sites for hydroxylation is 6. The Hall–Kier alpha value is -2.27. The van der Waals surface area contributed by atoms with Gasteiger partial charge in [0.05, 0.1) is 0 Å². The van der Waals surface area contributed by atoms with Crippen molar-refractivity contribution < 1.29 is 28.4 Å². The molecule has 8 heteroatoms. The van der Waals surface area contributed by atoms with Crippen molar-refractivity contribution in [2.75, 3.05) is 108 Å². The van der Waals surface area contributed by atoms with E-state index in [0.29, 0.717) is 0 Å². The predicted molar refractivity (Wildman–Crippen MR) is 305 cm³/mol. The first-order chi connectivity index (χ1) is 30.9. The van der Waals surface area contributed by atoms with Gasteiger partial charge in [-0.05, 0) is 109 Å². The number of ether oxygens (including phenoxy) is 6. The van der Waals surface area contributed by atoms with Crippen LogP contribution in [-0.4, -0.2) is 108 Å². The first-order valence-electron chi connectivity index (χ1n) is 24.1. The summed E-state index contributed by atoms with van der Waals surface area (Å²) in [5.74, 6) is 1.24. The van der Waals surface area contributed by atoms with Crippen LogP contribution in [0.2, 0.25) is 0 Å². The Balaban J connectivity index is -0.0000000547. The molecule has 65 heavy (non-hydrogen) atoms. The molecule has 0 aliphatic rings. The lowest BCUT2D eigenvalue weighted by molar-refractivity contribution is 0.215. The van der Waals surface area contributed by atoms with Crippen molar-refractivity contribution in [1.29, 1.82) is 0 Å². The van der Waals surface area contributed by atoms with Crippen LogP contribution in [0.1, 0.15) is 150 Å². The minimum absolute atomic E-state index is 0.819. The molecule has 394 valence electrons. The highest BCUT2D eigenvalue weighted by Crippen LogP contribution is 2.01. The van der Waals surface area contributed by atoms with Gasteiger partial charge in [0.2, 0.25) is 0 Å². The Morgan fingerprint density at radius 1 is 0.323 bits per heavy atom. The van der Waals surface area contributed by atoms with Crippen LogP contribution in [0.4, 0.5) is 0 Å². The highest BCUT2D eigenvalue weighted by Gasteiger charge is 1.81. The van der Waals surface area contributed by atoms with Crippen LogP contribution in [-0.2, 0) is 28.4 Å². The molecule has 3 aromatic carbocycles. The van der Waals surface area contributed by atoms with E-state index in [2.05, 4.69) is 210 Å². The van der Waals surface area contributed by atoms with Gasteiger partial charge in [0.15, 0.2) is 0 Å². The molecular formula is C57H119NO6S. The number of hydrogen-bond acceptors (Lipinski definition) is 8. The van der Waals surface area contributed by atoms with Crippen LogP contribution in [0.3, 0.4) is 0 Å². The Morgan fingerprint density at radius 3 is 0.431 bits per heavy atom. The van der Waals surface area contributed by atoms with Gasteiger partial charge in [-0.3, -0.25) is 0 Å². The van der Waals surface area contributed by atoms with E-state index in [-0.39, 0.29) is 0 Å². The van der Waals surface area contributed by atoms with Gasteiger partial charge in [-0.25, -0.2) is 0 Å². The van der Waals surface area contributed by atoms with E-state index in [4.69, 9.17) is 0 Å². The average Bonchev–Trinajstić information content (AvgIpc) is 3.33. The fraction of sp³-hybridized carbons (Fsp3) is 0.684. The molecule has 0 atom stereocenters. The predicted octanol–water partition coefficient (Wildman–Crippen LogP) is 16.7. The lowest BCUT2D eigenvalue weighted by Crippen LogP contribution is -2.01. The third-order valence-corrected chi connectivity index (χ3v) is 6.61. The van der Waals surface area contributed by atoms with Gasteiger partial charge in [-0.15, -0.1) is 0 Å². The topological polar surface area (TPSA) is 67.4 Å². The zero-order valence-corrected chi connectivity index (χ0v) is 49.9. The number of hydrogen-bond donors (Lipinski definition) is 1. The van der Waals surface area contributed by atoms with Gasteiger partial charge < -0.3 is 33.7 Å². The van der Waals surface area contributed by atoms with E-state index in [0.717, 1.165) is 46.2 Å². The molecule has 7 nitrogen and oxygen atoms in total. The second-order valence-corrected chi connectivity index (χ2v) is 14.5. The molecule has 3 rings (SSSR count). The van der Waals surface area contributed by atoms with Gasteiger partial charge in [-0.1, -0.05) is 181 Å². The smallest absolute Gasteiger partial charge is 0.0433 e. The molecule has 0 fully saturated rings. The molecule has 0 saturated heterocycles. The summed E-state index contributed by atoms with van der Waals surface area (Å²) in [7, 11) is 12.0. The van der Waals surface area contributed by atoms with Crippen molar-refractivity contribution in [3.05, 3.63) is 106 Å². The summed E-state index contributed by atoms with van der Waals surface area (Å²) in [4.78, 5) is 0. The minimum Gasteiger partial charge on any atom is -0.385 e. The lowest BCUT2D eigenvalue weighted by Gasteiger charge is -1.90. The molecule has 0 bridgehead atoms. The van der Waals surface area contributed by atoms with Gasteiger partial charge in [0, 0.05) is 82.3 Å². The monoisotopic (exact) mass is 946 g/mol. The number of benzene rings is 3. The van der Waals surface area contributed by atoms with Crippen LogP contribution >= 0.6 is 11.8 Å². The average molecular weight is 947 g/mol. The van der Waals surface area contributed by atoms with Crippen LogP contribution in [0, 0.1) is 41.5 Å². The van der Waals surface area contributed by atoms with Crippen LogP contribution in [0.5, 0.6) is 0 Å². The van der Waals surface area contributed by atoms with Crippen molar-refractivity contribution in [2.45, 2.75) is 158 Å². The molecule has 0 aromatic heterocycles. The van der Waals surface area contributed by atoms with Gasteiger partial charge in [-0.2, -0.15) is 11.8 Å². The largest absolute Gasteiger partial charge is 0.385 e. The summed E-state index contributed by atoms with van der Waals surface area (Å²) >= 11 is 1.86. The number of rotatable bonds is 8. The summed E-state index contributed by atoms with van der Waals surface area (Å²) in [5.41, 5.74) is 7.98. The number of nitrogens with one attached hydrogen (secondary N) is 1. The summed E-state index contributed by atoms with van der Waals surface area (Å²) in [6.07, 6.45) is 5.85. The molecule has 0 heterocycles.